The molecule has 0 saturated carbocycles. The molecule has 0 bridgehead atoms. The van der Waals surface area contributed by atoms with Crippen LogP contribution in [0.4, 0.5) is 0 Å². The van der Waals surface area contributed by atoms with Gasteiger partial charge in [0.05, 0.1) is 10.6 Å². The van der Waals surface area contributed by atoms with E-state index in [0.29, 0.717) is 12.0 Å². The number of hydrogen-bond acceptors (Lipinski definition) is 4. The minimum Gasteiger partial charge on any atom is -0.375 e. The zero-order chi connectivity index (χ0) is 12.3. The molecule has 0 aromatic carbocycles. The van der Waals surface area contributed by atoms with E-state index in [2.05, 4.69) is 31.1 Å². The Morgan fingerprint density at radius 2 is 2.47 bits per heavy atom. The molecule has 0 amide bonds. The van der Waals surface area contributed by atoms with Crippen molar-refractivity contribution in [1.29, 1.82) is 0 Å². The molecule has 0 spiro atoms. The lowest BCUT2D eigenvalue weighted by Crippen LogP contribution is -2.44. The number of nitrogens with zero attached hydrogens (tertiary/aromatic N) is 1. The zero-order valence-corrected chi connectivity index (χ0v) is 11.7. The fraction of sp³-hybridized carbons (Fsp3) is 0.769. The Kier molecular flexibility index (Phi) is 4.17. The minimum atomic E-state index is 0.0281. The molecule has 96 valence electrons. The summed E-state index contributed by atoms with van der Waals surface area (Å²) in [6.45, 7) is 8.46. The standard InChI is InChI=1S/C13H22N2OS/c1-10(12-14-5-7-17-12)9-15-11-4-6-16-13(2,3)8-11/h5,7,10-11,15H,4,6,8-9H2,1-3H3. The van der Waals surface area contributed by atoms with Gasteiger partial charge >= 0.3 is 0 Å². The molecular weight excluding hydrogens is 232 g/mol. The summed E-state index contributed by atoms with van der Waals surface area (Å²) in [7, 11) is 0. The van der Waals surface area contributed by atoms with E-state index in [-0.39, 0.29) is 5.60 Å². The molecule has 1 aliphatic rings. The number of hydrogen-bond donors (Lipinski definition) is 1. The molecule has 4 heteroatoms. The third-order valence-corrected chi connectivity index (χ3v) is 4.29. The molecule has 3 nitrogen and oxygen atoms in total. The number of nitrogens with one attached hydrogen (secondary N) is 1. The summed E-state index contributed by atoms with van der Waals surface area (Å²) in [6, 6.07) is 0.584. The average Bonchev–Trinajstić information content (AvgIpc) is 2.78. The maximum atomic E-state index is 5.72. The number of rotatable bonds is 4. The van der Waals surface area contributed by atoms with Gasteiger partial charge < -0.3 is 10.1 Å². The van der Waals surface area contributed by atoms with Crippen LogP contribution in [0.3, 0.4) is 0 Å². The highest BCUT2D eigenvalue weighted by molar-refractivity contribution is 7.09. The second-order valence-electron chi connectivity index (χ2n) is 5.48. The van der Waals surface area contributed by atoms with Crippen LogP contribution in [0.1, 0.15) is 44.5 Å². The monoisotopic (exact) mass is 254 g/mol. The molecule has 1 aromatic rings. The summed E-state index contributed by atoms with van der Waals surface area (Å²) < 4.78 is 5.72. The quantitative estimate of drug-likeness (QED) is 0.897. The van der Waals surface area contributed by atoms with Crippen molar-refractivity contribution in [2.75, 3.05) is 13.2 Å². The van der Waals surface area contributed by atoms with Gasteiger partial charge in [-0.1, -0.05) is 6.92 Å². The van der Waals surface area contributed by atoms with Gasteiger partial charge in [0.2, 0.25) is 0 Å². The highest BCUT2D eigenvalue weighted by atomic mass is 32.1. The highest BCUT2D eigenvalue weighted by Crippen LogP contribution is 2.24. The Labute approximate surface area is 108 Å². The van der Waals surface area contributed by atoms with Gasteiger partial charge in [-0.2, -0.15) is 0 Å². The second kappa shape index (κ2) is 5.46. The first-order chi connectivity index (χ1) is 8.07. The number of ether oxygens (including phenoxy) is 1. The van der Waals surface area contributed by atoms with E-state index in [1.807, 2.05) is 11.6 Å². The first-order valence-electron chi connectivity index (χ1n) is 6.33. The maximum Gasteiger partial charge on any atom is 0.0965 e. The van der Waals surface area contributed by atoms with Crippen LogP contribution in [0.2, 0.25) is 0 Å². The van der Waals surface area contributed by atoms with E-state index in [4.69, 9.17) is 4.74 Å². The van der Waals surface area contributed by atoms with Crippen LogP contribution in [0, 0.1) is 0 Å². The number of aromatic nitrogens is 1. The van der Waals surface area contributed by atoms with Crippen molar-refractivity contribution in [1.82, 2.24) is 10.3 Å². The topological polar surface area (TPSA) is 34.1 Å². The Hall–Kier alpha value is -0.450. The first-order valence-corrected chi connectivity index (χ1v) is 7.21. The average molecular weight is 254 g/mol. The van der Waals surface area contributed by atoms with Crippen molar-refractivity contribution in [3.63, 3.8) is 0 Å². The van der Waals surface area contributed by atoms with E-state index in [9.17, 15) is 0 Å². The van der Waals surface area contributed by atoms with Gasteiger partial charge in [-0.05, 0) is 26.7 Å². The van der Waals surface area contributed by atoms with E-state index >= 15 is 0 Å². The van der Waals surface area contributed by atoms with E-state index in [1.165, 1.54) is 5.01 Å². The Morgan fingerprint density at radius 3 is 3.12 bits per heavy atom. The van der Waals surface area contributed by atoms with Crippen LogP contribution in [0.5, 0.6) is 0 Å². The smallest absolute Gasteiger partial charge is 0.0965 e. The lowest BCUT2D eigenvalue weighted by molar-refractivity contribution is -0.0628. The lowest BCUT2D eigenvalue weighted by atomic mass is 9.93. The SMILES string of the molecule is CC(CNC1CCOC(C)(C)C1)c1nccs1. The molecule has 1 aliphatic heterocycles. The minimum absolute atomic E-state index is 0.0281. The van der Waals surface area contributed by atoms with Crippen LogP contribution in [-0.2, 0) is 4.74 Å². The normalized spacial score (nSPS) is 25.7. The molecule has 1 fully saturated rings. The van der Waals surface area contributed by atoms with Gasteiger partial charge in [-0.25, -0.2) is 4.98 Å². The van der Waals surface area contributed by atoms with Crippen molar-refractivity contribution in [2.45, 2.75) is 51.2 Å². The molecule has 1 saturated heterocycles. The summed E-state index contributed by atoms with van der Waals surface area (Å²) in [5.74, 6) is 0.501. The van der Waals surface area contributed by atoms with Gasteiger partial charge in [0.15, 0.2) is 0 Å². The summed E-state index contributed by atoms with van der Waals surface area (Å²) in [5, 5.41) is 6.92. The first kappa shape index (κ1) is 13.0. The van der Waals surface area contributed by atoms with Crippen LogP contribution < -0.4 is 5.32 Å². The Bertz CT molecular complexity index is 337. The van der Waals surface area contributed by atoms with Crippen molar-refractivity contribution in [3.8, 4) is 0 Å². The van der Waals surface area contributed by atoms with E-state index < -0.39 is 0 Å². The van der Waals surface area contributed by atoms with Gasteiger partial charge in [0.25, 0.3) is 0 Å². The highest BCUT2D eigenvalue weighted by Gasteiger charge is 2.28. The van der Waals surface area contributed by atoms with Crippen molar-refractivity contribution < 1.29 is 4.74 Å². The molecule has 2 atom stereocenters. The predicted octanol–water partition coefficient (Wildman–Crippen LogP) is 2.79. The van der Waals surface area contributed by atoms with Crippen LogP contribution >= 0.6 is 11.3 Å². The van der Waals surface area contributed by atoms with Crippen LogP contribution in [0.25, 0.3) is 0 Å². The van der Waals surface area contributed by atoms with Gasteiger partial charge in [-0.15, -0.1) is 11.3 Å². The summed E-state index contributed by atoms with van der Waals surface area (Å²) in [6.07, 6.45) is 4.10. The molecule has 17 heavy (non-hydrogen) atoms. The number of thiazole rings is 1. The molecule has 1 N–H and O–H groups in total. The Morgan fingerprint density at radius 1 is 1.65 bits per heavy atom. The lowest BCUT2D eigenvalue weighted by Gasteiger charge is -2.36. The largest absolute Gasteiger partial charge is 0.375 e. The fourth-order valence-electron chi connectivity index (χ4n) is 2.31. The zero-order valence-electron chi connectivity index (χ0n) is 10.9. The van der Waals surface area contributed by atoms with E-state index in [1.54, 1.807) is 11.3 Å². The molecule has 0 aliphatic carbocycles. The van der Waals surface area contributed by atoms with Gasteiger partial charge in [-0.3, -0.25) is 0 Å². The van der Waals surface area contributed by atoms with Crippen LogP contribution in [-0.4, -0.2) is 29.8 Å². The second-order valence-corrected chi connectivity index (χ2v) is 6.40. The molecule has 2 unspecified atom stereocenters. The van der Waals surface area contributed by atoms with E-state index in [0.717, 1.165) is 26.0 Å². The summed E-state index contributed by atoms with van der Waals surface area (Å²) >= 11 is 1.74. The van der Waals surface area contributed by atoms with Gasteiger partial charge in [0.1, 0.15) is 0 Å². The Balaban J connectivity index is 1.78. The third kappa shape index (κ3) is 3.76. The predicted molar refractivity (Wildman–Crippen MR) is 71.6 cm³/mol. The molecule has 2 heterocycles. The fourth-order valence-corrected chi connectivity index (χ4v) is 3.01. The van der Waals surface area contributed by atoms with Crippen molar-refractivity contribution in [2.24, 2.45) is 0 Å². The van der Waals surface area contributed by atoms with Gasteiger partial charge in [0, 0.05) is 36.7 Å². The summed E-state index contributed by atoms with van der Waals surface area (Å²) in [5.41, 5.74) is 0.0281. The molecule has 2 rings (SSSR count). The van der Waals surface area contributed by atoms with Crippen LogP contribution in [0.15, 0.2) is 11.6 Å². The molecule has 1 aromatic heterocycles. The third-order valence-electron chi connectivity index (χ3n) is 3.28. The van der Waals surface area contributed by atoms with Crippen molar-refractivity contribution in [3.05, 3.63) is 16.6 Å². The summed E-state index contributed by atoms with van der Waals surface area (Å²) in [4.78, 5) is 4.36. The van der Waals surface area contributed by atoms with Crippen molar-refractivity contribution >= 4 is 11.3 Å². The molecular formula is C13H22N2OS. The molecule has 0 radical (unpaired) electrons. The maximum absolute atomic E-state index is 5.72.